The Morgan fingerprint density at radius 3 is 2.71 bits per heavy atom. The van der Waals surface area contributed by atoms with Crippen molar-refractivity contribution in [2.75, 3.05) is 11.4 Å². The third kappa shape index (κ3) is 4.88. The van der Waals surface area contributed by atoms with Crippen LogP contribution in [0.4, 0.5) is 10.1 Å². The Morgan fingerprint density at radius 2 is 2.14 bits per heavy atom. The number of nitrogens with zero attached hydrogens (tertiary/aromatic N) is 1. The minimum atomic E-state index is -1.03. The summed E-state index contributed by atoms with van der Waals surface area (Å²) in [6.45, 7) is 6.99. The molecule has 0 saturated carbocycles. The lowest BCUT2D eigenvalue weighted by molar-refractivity contribution is -0.131. The van der Waals surface area contributed by atoms with E-state index in [1.165, 1.54) is 12.1 Å². The van der Waals surface area contributed by atoms with E-state index in [1.54, 1.807) is 12.1 Å². The molecular weight excluding hydrogens is 269 g/mol. The van der Waals surface area contributed by atoms with Gasteiger partial charge < -0.3 is 10.0 Å². The van der Waals surface area contributed by atoms with Gasteiger partial charge in [0.15, 0.2) is 0 Å². The minimum Gasteiger partial charge on any atom is -0.478 e. The second kappa shape index (κ2) is 8.45. The van der Waals surface area contributed by atoms with Crippen LogP contribution in [0.15, 0.2) is 24.3 Å². The molecule has 0 aliphatic heterocycles. The van der Waals surface area contributed by atoms with Gasteiger partial charge in [-0.1, -0.05) is 32.4 Å². The summed E-state index contributed by atoms with van der Waals surface area (Å²) in [6, 6.07) is 4.98. The van der Waals surface area contributed by atoms with Gasteiger partial charge in [-0.25, -0.2) is 9.18 Å². The summed E-state index contributed by atoms with van der Waals surface area (Å²) < 4.78 is 14.3. The molecule has 3 nitrogen and oxygen atoms in total. The molecule has 1 unspecified atom stereocenters. The number of hydrogen-bond acceptors (Lipinski definition) is 2. The number of anilines is 1. The van der Waals surface area contributed by atoms with Gasteiger partial charge in [0.25, 0.3) is 0 Å². The Morgan fingerprint density at radius 1 is 1.43 bits per heavy atom. The summed E-state index contributed by atoms with van der Waals surface area (Å²) >= 11 is 0. The lowest BCUT2D eigenvalue weighted by atomic mass is 10.1. The highest BCUT2D eigenvalue weighted by Crippen LogP contribution is 2.28. The molecule has 1 aromatic carbocycles. The number of rotatable bonds is 8. The summed E-state index contributed by atoms with van der Waals surface area (Å²) in [5, 5.41) is 8.78. The molecular formula is C17H24FNO2. The van der Waals surface area contributed by atoms with Gasteiger partial charge in [0.1, 0.15) is 5.82 Å². The Kier molecular flexibility index (Phi) is 6.92. The van der Waals surface area contributed by atoms with E-state index in [9.17, 15) is 9.18 Å². The molecule has 0 aromatic heterocycles. The standard InChI is InChI=1S/C17H24FNO2/c1-4-6-12-19(13(3)5-2)17-14(10-11-16(20)21)8-7-9-15(17)18/h7-11,13H,4-6,12H2,1-3H3,(H,20,21)/b11-10+. The van der Waals surface area contributed by atoms with E-state index in [0.29, 0.717) is 11.3 Å². The average molecular weight is 293 g/mol. The van der Waals surface area contributed by atoms with Crippen molar-refractivity contribution in [1.82, 2.24) is 0 Å². The molecule has 0 radical (unpaired) electrons. The maximum Gasteiger partial charge on any atom is 0.328 e. The van der Waals surface area contributed by atoms with Crippen LogP contribution in [0.3, 0.4) is 0 Å². The fourth-order valence-corrected chi connectivity index (χ4v) is 2.23. The van der Waals surface area contributed by atoms with Gasteiger partial charge in [-0.05, 0) is 31.9 Å². The van der Waals surface area contributed by atoms with Crippen molar-refractivity contribution in [3.8, 4) is 0 Å². The number of unbranched alkanes of at least 4 members (excludes halogenated alkanes) is 1. The van der Waals surface area contributed by atoms with Gasteiger partial charge in [-0.3, -0.25) is 0 Å². The molecule has 0 spiro atoms. The Bertz CT molecular complexity index is 500. The summed E-state index contributed by atoms with van der Waals surface area (Å²) in [4.78, 5) is 12.7. The van der Waals surface area contributed by atoms with Crippen LogP contribution >= 0.6 is 0 Å². The van der Waals surface area contributed by atoms with E-state index in [-0.39, 0.29) is 11.9 Å². The first-order chi connectivity index (χ1) is 10.0. The van der Waals surface area contributed by atoms with Crippen molar-refractivity contribution < 1.29 is 14.3 Å². The molecule has 0 aliphatic rings. The summed E-state index contributed by atoms with van der Waals surface area (Å²) in [5.41, 5.74) is 1.10. The number of halogens is 1. The zero-order valence-corrected chi connectivity index (χ0v) is 13.0. The van der Waals surface area contributed by atoms with Crippen molar-refractivity contribution in [2.45, 2.75) is 46.1 Å². The minimum absolute atomic E-state index is 0.199. The predicted octanol–water partition coefficient (Wildman–Crippen LogP) is 4.33. The molecule has 1 N–H and O–H groups in total. The van der Waals surface area contributed by atoms with E-state index < -0.39 is 5.97 Å². The zero-order chi connectivity index (χ0) is 15.8. The predicted molar refractivity (Wildman–Crippen MR) is 85.1 cm³/mol. The largest absolute Gasteiger partial charge is 0.478 e. The van der Waals surface area contributed by atoms with Crippen LogP contribution in [0.2, 0.25) is 0 Å². The van der Waals surface area contributed by atoms with Crippen LogP contribution in [0.5, 0.6) is 0 Å². The van der Waals surface area contributed by atoms with Crippen LogP contribution in [-0.2, 0) is 4.79 Å². The van der Waals surface area contributed by atoms with Crippen molar-refractivity contribution in [3.05, 3.63) is 35.7 Å². The van der Waals surface area contributed by atoms with Gasteiger partial charge in [0.05, 0.1) is 5.69 Å². The molecule has 116 valence electrons. The van der Waals surface area contributed by atoms with Crippen molar-refractivity contribution in [2.24, 2.45) is 0 Å². The van der Waals surface area contributed by atoms with Crippen molar-refractivity contribution in [1.29, 1.82) is 0 Å². The Balaban J connectivity index is 3.24. The van der Waals surface area contributed by atoms with Crippen LogP contribution in [0, 0.1) is 5.82 Å². The maximum absolute atomic E-state index is 14.3. The molecule has 1 atom stereocenters. The van der Waals surface area contributed by atoms with Gasteiger partial charge in [-0.15, -0.1) is 0 Å². The van der Waals surface area contributed by atoms with Gasteiger partial charge in [-0.2, -0.15) is 0 Å². The molecule has 1 aromatic rings. The third-order valence-corrected chi connectivity index (χ3v) is 3.59. The SMILES string of the molecule is CCCCN(c1c(F)cccc1/C=C/C(=O)O)C(C)CC. The highest BCUT2D eigenvalue weighted by Gasteiger charge is 2.19. The molecule has 0 bridgehead atoms. The Labute approximate surface area is 126 Å². The molecule has 0 fully saturated rings. The second-order valence-corrected chi connectivity index (χ2v) is 5.15. The highest BCUT2D eigenvalue weighted by molar-refractivity contribution is 5.87. The number of benzene rings is 1. The molecule has 21 heavy (non-hydrogen) atoms. The van der Waals surface area contributed by atoms with E-state index in [2.05, 4.69) is 20.8 Å². The van der Waals surface area contributed by atoms with E-state index in [4.69, 9.17) is 5.11 Å². The summed E-state index contributed by atoms with van der Waals surface area (Å²) in [6.07, 6.45) is 5.41. The van der Waals surface area contributed by atoms with Gasteiger partial charge in [0, 0.05) is 24.2 Å². The lowest BCUT2D eigenvalue weighted by Crippen LogP contribution is -2.34. The molecule has 4 heteroatoms. The van der Waals surface area contributed by atoms with Crippen LogP contribution in [0.1, 0.15) is 45.6 Å². The third-order valence-electron chi connectivity index (χ3n) is 3.59. The number of aliphatic carboxylic acids is 1. The fourth-order valence-electron chi connectivity index (χ4n) is 2.23. The second-order valence-electron chi connectivity index (χ2n) is 5.15. The summed E-state index contributed by atoms with van der Waals surface area (Å²) in [5.74, 6) is -1.34. The van der Waals surface area contributed by atoms with Gasteiger partial charge >= 0.3 is 5.97 Å². The van der Waals surface area contributed by atoms with Crippen molar-refractivity contribution in [3.63, 3.8) is 0 Å². The normalized spacial score (nSPS) is 12.6. The van der Waals surface area contributed by atoms with E-state index in [1.807, 2.05) is 4.90 Å². The van der Waals surface area contributed by atoms with Crippen LogP contribution < -0.4 is 4.90 Å². The van der Waals surface area contributed by atoms with Gasteiger partial charge in [0.2, 0.25) is 0 Å². The first-order valence-corrected chi connectivity index (χ1v) is 7.47. The fraction of sp³-hybridized carbons (Fsp3) is 0.471. The smallest absolute Gasteiger partial charge is 0.328 e. The first-order valence-electron chi connectivity index (χ1n) is 7.47. The number of carbonyl (C=O) groups is 1. The molecule has 1 rings (SSSR count). The molecule has 0 aliphatic carbocycles. The van der Waals surface area contributed by atoms with Crippen LogP contribution in [0.25, 0.3) is 6.08 Å². The zero-order valence-electron chi connectivity index (χ0n) is 13.0. The number of carboxylic acids is 1. The summed E-state index contributed by atoms with van der Waals surface area (Å²) in [7, 11) is 0. The lowest BCUT2D eigenvalue weighted by Gasteiger charge is -2.32. The van der Waals surface area contributed by atoms with E-state index in [0.717, 1.165) is 31.9 Å². The van der Waals surface area contributed by atoms with E-state index >= 15 is 0 Å². The molecule has 0 saturated heterocycles. The first kappa shape index (κ1) is 17.2. The number of carboxylic acid groups (broad SMARTS) is 1. The topological polar surface area (TPSA) is 40.5 Å². The monoisotopic (exact) mass is 293 g/mol. The number of para-hydroxylation sites is 1. The highest BCUT2D eigenvalue weighted by atomic mass is 19.1. The van der Waals surface area contributed by atoms with Crippen LogP contribution in [-0.4, -0.2) is 23.7 Å². The quantitative estimate of drug-likeness (QED) is 0.725. The molecule has 0 amide bonds. The number of hydrogen-bond donors (Lipinski definition) is 1. The average Bonchev–Trinajstić information content (AvgIpc) is 2.46. The maximum atomic E-state index is 14.3. The Hall–Kier alpha value is -1.84. The molecule has 0 heterocycles. The van der Waals surface area contributed by atoms with Crippen molar-refractivity contribution >= 4 is 17.7 Å².